The van der Waals surface area contributed by atoms with Crippen LogP contribution >= 0.6 is 0 Å². The van der Waals surface area contributed by atoms with Crippen molar-refractivity contribution in [2.75, 3.05) is 13.2 Å². The Morgan fingerprint density at radius 2 is 1.53 bits per heavy atom. The van der Waals surface area contributed by atoms with E-state index < -0.39 is 33.9 Å². The van der Waals surface area contributed by atoms with E-state index in [4.69, 9.17) is 18.9 Å². The summed E-state index contributed by atoms with van der Waals surface area (Å²) in [5.41, 5.74) is 0.184. The van der Waals surface area contributed by atoms with E-state index in [1.165, 1.54) is 6.07 Å². The summed E-state index contributed by atoms with van der Waals surface area (Å²) >= 11 is 0. The number of rotatable bonds is 13. The number of ether oxygens (including phenoxy) is 4. The molecule has 0 saturated carbocycles. The summed E-state index contributed by atoms with van der Waals surface area (Å²) in [5.74, 6) is -0.377. The van der Waals surface area contributed by atoms with Gasteiger partial charge in [0.25, 0.3) is 0 Å². The molecule has 2 aromatic carbocycles. The molecule has 1 N–H and O–H groups in total. The number of sulfonamides is 1. The van der Waals surface area contributed by atoms with Crippen molar-refractivity contribution in [2.45, 2.75) is 70.5 Å². The second-order valence-corrected chi connectivity index (χ2v) is 10.2. The van der Waals surface area contributed by atoms with Crippen molar-refractivity contribution in [3.8, 4) is 5.75 Å². The fourth-order valence-electron chi connectivity index (χ4n) is 3.15. The minimum Gasteiger partial charge on any atom is -0.487 e. The number of hydrogen-bond donors (Lipinski definition) is 1. The molecule has 1 unspecified atom stereocenters. The van der Waals surface area contributed by atoms with E-state index in [1.807, 2.05) is 30.3 Å². The molecule has 9 heteroatoms. The highest BCUT2D eigenvalue weighted by Gasteiger charge is 2.33. The molecule has 0 spiro atoms. The van der Waals surface area contributed by atoms with E-state index >= 15 is 0 Å². The number of hydrogen-bond acceptors (Lipinski definition) is 7. The fraction of sp³-hybridized carbons (Fsp3) is 0.480. The van der Waals surface area contributed by atoms with E-state index in [0.29, 0.717) is 0 Å². The molecular formula is C25H35NO7S. The van der Waals surface area contributed by atoms with Gasteiger partial charge in [0.2, 0.25) is 10.0 Å². The van der Waals surface area contributed by atoms with Gasteiger partial charge in [0, 0.05) is 13.2 Å². The van der Waals surface area contributed by atoms with Crippen molar-refractivity contribution in [1.29, 1.82) is 0 Å². The van der Waals surface area contributed by atoms with Crippen LogP contribution in [-0.2, 0) is 35.6 Å². The van der Waals surface area contributed by atoms with Gasteiger partial charge in [-0.3, -0.25) is 4.79 Å². The molecule has 0 fully saturated rings. The highest BCUT2D eigenvalue weighted by molar-refractivity contribution is 7.89. The predicted octanol–water partition coefficient (Wildman–Crippen LogP) is 4.04. The molecule has 0 aliphatic heterocycles. The first-order valence-corrected chi connectivity index (χ1v) is 12.8. The van der Waals surface area contributed by atoms with Crippen molar-refractivity contribution < 1.29 is 32.2 Å². The summed E-state index contributed by atoms with van der Waals surface area (Å²) in [6.07, 6.45) is -1.25. The average Bonchev–Trinajstić information content (AvgIpc) is 2.76. The molecule has 188 valence electrons. The number of esters is 1. The Bertz CT molecular complexity index is 997. The van der Waals surface area contributed by atoms with Gasteiger partial charge in [-0.1, -0.05) is 42.5 Å². The molecule has 0 radical (unpaired) electrons. The van der Waals surface area contributed by atoms with Gasteiger partial charge < -0.3 is 18.9 Å². The van der Waals surface area contributed by atoms with Gasteiger partial charge in [0.15, 0.2) is 6.29 Å². The smallest absolute Gasteiger partial charge is 0.308 e. The zero-order chi connectivity index (χ0) is 25.2. The van der Waals surface area contributed by atoms with Gasteiger partial charge in [0.1, 0.15) is 22.9 Å². The zero-order valence-corrected chi connectivity index (χ0v) is 21.3. The number of carbonyl (C=O) groups is 1. The lowest BCUT2D eigenvalue weighted by Gasteiger charge is -2.28. The van der Waals surface area contributed by atoms with Gasteiger partial charge in [0.05, 0.1) is 12.5 Å². The summed E-state index contributed by atoms with van der Waals surface area (Å²) in [7, 11) is -4.11. The Labute approximate surface area is 202 Å². The van der Waals surface area contributed by atoms with Gasteiger partial charge in [-0.05, 0) is 52.3 Å². The van der Waals surface area contributed by atoms with E-state index in [-0.39, 0.29) is 36.9 Å². The van der Waals surface area contributed by atoms with Gasteiger partial charge in [-0.2, -0.15) is 0 Å². The minimum atomic E-state index is -4.11. The maximum atomic E-state index is 13.4. The van der Waals surface area contributed by atoms with Crippen LogP contribution in [0.15, 0.2) is 59.5 Å². The molecule has 1 atom stereocenters. The normalized spacial score (nSPS) is 13.0. The van der Waals surface area contributed by atoms with E-state index in [9.17, 15) is 13.2 Å². The standard InChI is InChI=1S/C25H35NO7S/c1-6-30-24(31-7-2)20(17-23(27)33-25(3,4)5)26-34(28,29)22-16-12-11-15-21(22)32-18-19-13-9-8-10-14-19/h8-16,20,24,26H,6-7,17-18H2,1-5H3. The maximum Gasteiger partial charge on any atom is 0.308 e. The maximum absolute atomic E-state index is 13.4. The Kier molecular flexibility index (Phi) is 10.5. The highest BCUT2D eigenvalue weighted by Crippen LogP contribution is 2.25. The Morgan fingerprint density at radius 1 is 0.941 bits per heavy atom. The number of nitrogens with one attached hydrogen (secondary N) is 1. The van der Waals surface area contributed by atoms with Crippen LogP contribution in [0.4, 0.5) is 0 Å². The van der Waals surface area contributed by atoms with Crippen LogP contribution in [0.1, 0.15) is 46.6 Å². The first-order chi connectivity index (χ1) is 16.1. The van der Waals surface area contributed by atoms with Crippen LogP contribution in [0, 0.1) is 0 Å². The van der Waals surface area contributed by atoms with E-state index in [0.717, 1.165) is 5.56 Å². The monoisotopic (exact) mass is 493 g/mol. The van der Waals surface area contributed by atoms with Crippen molar-refractivity contribution >= 4 is 16.0 Å². The molecule has 0 saturated heterocycles. The molecule has 0 aromatic heterocycles. The van der Waals surface area contributed by atoms with Crippen LogP contribution in [0.25, 0.3) is 0 Å². The summed E-state index contributed by atoms with van der Waals surface area (Å²) in [6.45, 7) is 9.50. The van der Waals surface area contributed by atoms with Crippen LogP contribution in [0.5, 0.6) is 5.75 Å². The first-order valence-electron chi connectivity index (χ1n) is 11.3. The van der Waals surface area contributed by atoms with Gasteiger partial charge in [-0.15, -0.1) is 0 Å². The van der Waals surface area contributed by atoms with Crippen LogP contribution in [-0.4, -0.2) is 45.5 Å². The third kappa shape index (κ3) is 9.06. The minimum absolute atomic E-state index is 0.0492. The van der Waals surface area contributed by atoms with Gasteiger partial charge in [-0.25, -0.2) is 13.1 Å². The Morgan fingerprint density at radius 3 is 2.12 bits per heavy atom. The summed E-state index contributed by atoms with van der Waals surface area (Å²) in [5, 5.41) is 0. The summed E-state index contributed by atoms with van der Waals surface area (Å²) in [6, 6.07) is 14.8. The largest absolute Gasteiger partial charge is 0.487 e. The quantitative estimate of drug-likeness (QED) is 0.332. The third-order valence-corrected chi connectivity index (χ3v) is 6.01. The second kappa shape index (κ2) is 12.9. The zero-order valence-electron chi connectivity index (χ0n) is 20.4. The molecule has 8 nitrogen and oxygen atoms in total. The molecule has 0 aliphatic carbocycles. The van der Waals surface area contributed by atoms with Crippen molar-refractivity contribution in [3.63, 3.8) is 0 Å². The lowest BCUT2D eigenvalue weighted by atomic mass is 10.1. The third-order valence-electron chi connectivity index (χ3n) is 4.48. The van der Waals surface area contributed by atoms with Gasteiger partial charge >= 0.3 is 5.97 Å². The SMILES string of the molecule is CCOC(OCC)C(CC(=O)OC(C)(C)C)NS(=O)(=O)c1ccccc1OCc1ccccc1. The topological polar surface area (TPSA) is 100 Å². The number of benzene rings is 2. The summed E-state index contributed by atoms with van der Waals surface area (Å²) < 4.78 is 51.8. The van der Waals surface area contributed by atoms with Crippen molar-refractivity contribution in [3.05, 3.63) is 60.2 Å². The molecule has 0 heterocycles. The highest BCUT2D eigenvalue weighted by atomic mass is 32.2. The lowest BCUT2D eigenvalue weighted by molar-refractivity contribution is -0.169. The molecule has 0 bridgehead atoms. The van der Waals surface area contributed by atoms with Crippen LogP contribution in [0.3, 0.4) is 0 Å². The predicted molar refractivity (Wildman–Crippen MR) is 129 cm³/mol. The molecular weight excluding hydrogens is 458 g/mol. The first kappa shape index (κ1) is 27.8. The summed E-state index contributed by atoms with van der Waals surface area (Å²) in [4.78, 5) is 12.5. The second-order valence-electron chi connectivity index (χ2n) is 8.52. The Hall–Kier alpha value is -2.46. The van der Waals surface area contributed by atoms with E-state index in [1.54, 1.807) is 52.8 Å². The lowest BCUT2D eigenvalue weighted by Crippen LogP contribution is -2.47. The van der Waals surface area contributed by atoms with Crippen LogP contribution in [0.2, 0.25) is 0 Å². The number of para-hydroxylation sites is 1. The Balaban J connectivity index is 2.29. The molecule has 2 rings (SSSR count). The fourth-order valence-corrected chi connectivity index (χ4v) is 4.52. The average molecular weight is 494 g/mol. The van der Waals surface area contributed by atoms with Crippen molar-refractivity contribution in [2.24, 2.45) is 0 Å². The van der Waals surface area contributed by atoms with E-state index in [2.05, 4.69) is 4.72 Å². The molecule has 34 heavy (non-hydrogen) atoms. The van der Waals surface area contributed by atoms with Crippen molar-refractivity contribution in [1.82, 2.24) is 4.72 Å². The number of carbonyl (C=O) groups excluding carboxylic acids is 1. The van der Waals surface area contributed by atoms with Crippen LogP contribution < -0.4 is 9.46 Å². The molecule has 0 amide bonds. The molecule has 0 aliphatic rings. The molecule has 2 aromatic rings.